The van der Waals surface area contributed by atoms with Crippen molar-refractivity contribution in [1.29, 1.82) is 0 Å². The zero-order chi connectivity index (χ0) is 16.7. The average Bonchev–Trinajstić information content (AvgIpc) is 2.52. The van der Waals surface area contributed by atoms with Crippen molar-refractivity contribution in [2.75, 3.05) is 6.54 Å². The highest BCUT2D eigenvalue weighted by molar-refractivity contribution is 5.78. The molecule has 0 spiro atoms. The monoisotopic (exact) mass is 321 g/mol. The summed E-state index contributed by atoms with van der Waals surface area (Å²) in [4.78, 5) is 11.8. The van der Waals surface area contributed by atoms with Crippen LogP contribution >= 0.6 is 0 Å². The van der Waals surface area contributed by atoms with Crippen LogP contribution in [0.4, 0.5) is 13.2 Å². The van der Waals surface area contributed by atoms with Crippen LogP contribution in [0.25, 0.3) is 0 Å². The molecule has 0 bridgehead atoms. The van der Waals surface area contributed by atoms with E-state index in [-0.39, 0.29) is 12.3 Å². The van der Waals surface area contributed by atoms with Crippen LogP contribution in [0.1, 0.15) is 23.1 Å². The first kappa shape index (κ1) is 17.1. The van der Waals surface area contributed by atoms with Crippen LogP contribution in [0.2, 0.25) is 0 Å². The Hall–Kier alpha value is -2.30. The van der Waals surface area contributed by atoms with Gasteiger partial charge in [-0.1, -0.05) is 48.5 Å². The van der Waals surface area contributed by atoms with Crippen LogP contribution < -0.4 is 5.32 Å². The van der Waals surface area contributed by atoms with Gasteiger partial charge >= 0.3 is 6.18 Å². The zero-order valence-corrected chi connectivity index (χ0v) is 12.6. The molecule has 0 saturated heterocycles. The number of alkyl halides is 3. The maximum Gasteiger partial charge on any atom is 0.416 e. The molecule has 0 aliphatic rings. The van der Waals surface area contributed by atoms with Crippen LogP contribution in [0, 0.1) is 0 Å². The predicted octanol–water partition coefficient (Wildman–Crippen LogP) is 4.00. The number of carbonyl (C=O) groups is 1. The Kier molecular flexibility index (Phi) is 5.79. The summed E-state index contributed by atoms with van der Waals surface area (Å²) in [5.74, 6) is -0.266. The highest BCUT2D eigenvalue weighted by Gasteiger charge is 2.30. The Morgan fingerprint density at radius 1 is 0.957 bits per heavy atom. The first-order valence-electron chi connectivity index (χ1n) is 7.42. The second-order valence-electron chi connectivity index (χ2n) is 5.31. The molecule has 0 radical (unpaired) electrons. The van der Waals surface area contributed by atoms with Gasteiger partial charge in [-0.05, 0) is 30.0 Å². The highest BCUT2D eigenvalue weighted by Crippen LogP contribution is 2.29. The molecule has 0 fully saturated rings. The molecule has 23 heavy (non-hydrogen) atoms. The van der Waals surface area contributed by atoms with Gasteiger partial charge in [0.25, 0.3) is 0 Å². The average molecular weight is 321 g/mol. The molecule has 122 valence electrons. The Balaban J connectivity index is 1.77. The number of carbonyl (C=O) groups excluding carboxylic acids is 1. The molecule has 2 rings (SSSR count). The van der Waals surface area contributed by atoms with Gasteiger partial charge in [0.05, 0.1) is 12.0 Å². The third kappa shape index (κ3) is 5.77. The van der Waals surface area contributed by atoms with E-state index in [2.05, 4.69) is 5.32 Å². The normalized spacial score (nSPS) is 11.3. The van der Waals surface area contributed by atoms with E-state index >= 15 is 0 Å². The summed E-state index contributed by atoms with van der Waals surface area (Å²) in [5.41, 5.74) is 0.826. The van der Waals surface area contributed by atoms with Crippen molar-refractivity contribution in [2.24, 2.45) is 0 Å². The number of rotatable bonds is 6. The van der Waals surface area contributed by atoms with Gasteiger partial charge in [-0.15, -0.1) is 0 Å². The lowest BCUT2D eigenvalue weighted by atomic mass is 10.1. The molecular weight excluding hydrogens is 303 g/mol. The third-order valence-electron chi connectivity index (χ3n) is 3.43. The van der Waals surface area contributed by atoms with Crippen molar-refractivity contribution in [2.45, 2.75) is 25.4 Å². The van der Waals surface area contributed by atoms with Gasteiger partial charge in [0.15, 0.2) is 0 Å². The van der Waals surface area contributed by atoms with Crippen molar-refractivity contribution < 1.29 is 18.0 Å². The maximum atomic E-state index is 12.6. The van der Waals surface area contributed by atoms with Crippen LogP contribution in [0.3, 0.4) is 0 Å². The van der Waals surface area contributed by atoms with Gasteiger partial charge in [0, 0.05) is 6.54 Å². The fourth-order valence-electron chi connectivity index (χ4n) is 2.27. The molecule has 0 saturated carbocycles. The quantitative estimate of drug-likeness (QED) is 0.801. The number of benzene rings is 2. The second-order valence-corrected chi connectivity index (χ2v) is 5.31. The van der Waals surface area contributed by atoms with Gasteiger partial charge in [-0.2, -0.15) is 13.2 Å². The lowest BCUT2D eigenvalue weighted by molar-refractivity contribution is -0.137. The van der Waals surface area contributed by atoms with Crippen LogP contribution in [0.15, 0.2) is 54.6 Å². The van der Waals surface area contributed by atoms with E-state index in [1.54, 1.807) is 0 Å². The molecule has 1 N–H and O–H groups in total. The van der Waals surface area contributed by atoms with Gasteiger partial charge in [0.2, 0.25) is 5.91 Å². The van der Waals surface area contributed by atoms with E-state index in [1.807, 2.05) is 30.3 Å². The Morgan fingerprint density at radius 2 is 1.65 bits per heavy atom. The molecule has 0 aromatic heterocycles. The van der Waals surface area contributed by atoms with Crippen LogP contribution in [-0.2, 0) is 23.8 Å². The van der Waals surface area contributed by atoms with Gasteiger partial charge in [0.1, 0.15) is 0 Å². The predicted molar refractivity (Wildman–Crippen MR) is 82.9 cm³/mol. The lowest BCUT2D eigenvalue weighted by Gasteiger charge is -2.09. The lowest BCUT2D eigenvalue weighted by Crippen LogP contribution is -2.26. The number of halogens is 3. The largest absolute Gasteiger partial charge is 0.416 e. The van der Waals surface area contributed by atoms with Gasteiger partial charge in [-0.25, -0.2) is 0 Å². The molecule has 1 amide bonds. The van der Waals surface area contributed by atoms with E-state index in [4.69, 9.17) is 0 Å². The summed E-state index contributed by atoms with van der Waals surface area (Å²) in [5, 5.41) is 2.74. The topological polar surface area (TPSA) is 29.1 Å². The molecule has 5 heteroatoms. The van der Waals surface area contributed by atoms with Crippen molar-refractivity contribution in [3.63, 3.8) is 0 Å². The van der Waals surface area contributed by atoms with Gasteiger partial charge < -0.3 is 5.32 Å². The molecule has 2 aromatic carbocycles. The van der Waals surface area contributed by atoms with E-state index in [0.717, 1.165) is 25.0 Å². The molecule has 0 unspecified atom stereocenters. The van der Waals surface area contributed by atoms with Crippen molar-refractivity contribution in [3.05, 3.63) is 71.3 Å². The summed E-state index contributed by atoms with van der Waals surface area (Å²) >= 11 is 0. The fraction of sp³-hybridized carbons (Fsp3) is 0.278. The Labute approximate surface area is 133 Å². The molecule has 0 aliphatic heterocycles. The SMILES string of the molecule is O=C(Cc1cccc(C(F)(F)F)c1)NCCCc1ccccc1. The molecule has 0 atom stereocenters. The molecular formula is C18H18F3NO. The Morgan fingerprint density at radius 3 is 2.35 bits per heavy atom. The first-order chi connectivity index (χ1) is 10.9. The minimum absolute atomic E-state index is 0.0464. The summed E-state index contributed by atoms with van der Waals surface area (Å²) in [7, 11) is 0. The minimum Gasteiger partial charge on any atom is -0.356 e. The summed E-state index contributed by atoms with van der Waals surface area (Å²) in [6.45, 7) is 0.507. The number of hydrogen-bond acceptors (Lipinski definition) is 1. The van der Waals surface area contributed by atoms with E-state index in [9.17, 15) is 18.0 Å². The van der Waals surface area contributed by atoms with Crippen LogP contribution in [-0.4, -0.2) is 12.5 Å². The van der Waals surface area contributed by atoms with Crippen molar-refractivity contribution in [3.8, 4) is 0 Å². The number of amides is 1. The van der Waals surface area contributed by atoms with Gasteiger partial charge in [-0.3, -0.25) is 4.79 Å². The highest BCUT2D eigenvalue weighted by atomic mass is 19.4. The Bertz CT molecular complexity index is 638. The minimum atomic E-state index is -4.39. The van der Waals surface area contributed by atoms with E-state index in [1.165, 1.54) is 17.7 Å². The molecule has 0 aliphatic carbocycles. The van der Waals surface area contributed by atoms with E-state index < -0.39 is 11.7 Å². The number of aryl methyl sites for hydroxylation is 1. The first-order valence-corrected chi connectivity index (χ1v) is 7.42. The smallest absolute Gasteiger partial charge is 0.356 e. The van der Waals surface area contributed by atoms with Crippen molar-refractivity contribution >= 4 is 5.91 Å². The second kappa shape index (κ2) is 7.81. The maximum absolute atomic E-state index is 12.6. The summed E-state index contributed by atoms with van der Waals surface area (Å²) < 4.78 is 37.8. The molecule has 0 heterocycles. The third-order valence-corrected chi connectivity index (χ3v) is 3.43. The summed E-state index contributed by atoms with van der Waals surface area (Å²) in [6, 6.07) is 14.8. The molecule has 2 aromatic rings. The standard InChI is InChI=1S/C18H18F3NO/c19-18(20,21)16-10-4-8-15(12-16)13-17(23)22-11-5-9-14-6-2-1-3-7-14/h1-4,6-8,10,12H,5,9,11,13H2,(H,22,23). The van der Waals surface area contributed by atoms with Crippen molar-refractivity contribution in [1.82, 2.24) is 5.32 Å². The summed E-state index contributed by atoms with van der Waals surface area (Å²) in [6.07, 6.45) is -2.79. The molecule has 2 nitrogen and oxygen atoms in total. The fourth-order valence-corrected chi connectivity index (χ4v) is 2.27. The zero-order valence-electron chi connectivity index (χ0n) is 12.6. The number of hydrogen-bond donors (Lipinski definition) is 1. The number of nitrogens with one attached hydrogen (secondary N) is 1. The van der Waals surface area contributed by atoms with E-state index in [0.29, 0.717) is 12.1 Å². The van der Waals surface area contributed by atoms with Crippen LogP contribution in [0.5, 0.6) is 0 Å².